The SMILES string of the molecule is [C-]#[N+]c1ccc(N2CC3(CCN(c4ccc(C(=O)N5CCN(C6CCN(c7ncc8c(n7)C(=O)N(C7CCC(=O)NC7=O)C8=O)CC6)CC5)cc4)CC3)C[C@@H]2C)cc1Cl. The van der Waals surface area contributed by atoms with Crippen LogP contribution in [-0.2, 0) is 9.59 Å². The predicted octanol–water partition coefficient (Wildman–Crippen LogP) is 4.39. The first kappa shape index (κ1) is 38.9. The molecule has 0 radical (unpaired) electrons. The molecule has 9 rings (SSSR count). The van der Waals surface area contributed by atoms with Gasteiger partial charge in [-0.25, -0.2) is 14.8 Å². The van der Waals surface area contributed by atoms with Crippen molar-refractivity contribution in [3.8, 4) is 0 Å². The number of piperazine rings is 1. The van der Waals surface area contributed by atoms with Crippen LogP contribution in [0.3, 0.4) is 0 Å². The lowest BCUT2D eigenvalue weighted by molar-refractivity contribution is -0.136. The van der Waals surface area contributed by atoms with Crippen LogP contribution < -0.4 is 20.0 Å². The zero-order valence-corrected chi connectivity index (χ0v) is 33.9. The molecule has 5 saturated heterocycles. The number of piperidine rings is 3. The molecule has 5 fully saturated rings. The van der Waals surface area contributed by atoms with E-state index in [4.69, 9.17) is 18.2 Å². The number of halogens is 1. The van der Waals surface area contributed by atoms with Crippen molar-refractivity contribution in [1.82, 2.24) is 30.0 Å². The molecule has 7 heterocycles. The largest absolute Gasteiger partial charge is 0.371 e. The molecule has 2 atom stereocenters. The molecule has 6 aliphatic heterocycles. The number of aromatic nitrogens is 2. The Morgan fingerprint density at radius 2 is 1.59 bits per heavy atom. The number of benzene rings is 2. The highest BCUT2D eigenvalue weighted by Crippen LogP contribution is 2.46. The van der Waals surface area contributed by atoms with Crippen molar-refractivity contribution in [1.29, 1.82) is 0 Å². The minimum atomic E-state index is -1.05. The quantitative estimate of drug-likeness (QED) is 0.279. The van der Waals surface area contributed by atoms with E-state index in [0.29, 0.717) is 60.5 Å². The molecule has 6 aliphatic rings. The van der Waals surface area contributed by atoms with Gasteiger partial charge >= 0.3 is 0 Å². The van der Waals surface area contributed by atoms with Crippen molar-refractivity contribution >= 4 is 64.1 Å². The molecule has 0 bridgehead atoms. The van der Waals surface area contributed by atoms with Crippen LogP contribution in [0.15, 0.2) is 48.7 Å². The lowest BCUT2D eigenvalue weighted by atomic mass is 9.76. The second-order valence-corrected chi connectivity index (χ2v) is 17.3. The molecule has 1 unspecified atom stereocenters. The summed E-state index contributed by atoms with van der Waals surface area (Å²) in [7, 11) is 0. The van der Waals surface area contributed by atoms with Crippen LogP contribution in [-0.4, -0.2) is 131 Å². The number of nitrogens with one attached hydrogen (secondary N) is 1. The fourth-order valence-electron chi connectivity index (χ4n) is 10.1. The zero-order chi connectivity index (χ0) is 41.0. The normalized spacial score (nSPS) is 23.8. The van der Waals surface area contributed by atoms with Crippen LogP contribution in [0.1, 0.15) is 83.1 Å². The maximum absolute atomic E-state index is 13.6. The standard InChI is InChI=1S/C43H47ClN10O5/c1-27-24-43(26-53(27)31-7-8-34(45-2)33(44)23-31)13-17-49(18-14-43)29-5-3-28(4-6-29)39(57)51-21-19-50(20-22-51)30-11-15-52(16-12-30)42-46-25-32-37(48-42)41(59)54(40(32)58)35-9-10-36(55)47-38(35)56/h3-8,23,25,27,30,35H,9-22,24,26H2,1H3,(H,47,55,56)/t27-,35?/m0/s1. The maximum atomic E-state index is 13.6. The van der Waals surface area contributed by atoms with E-state index in [1.807, 2.05) is 40.1 Å². The topological polar surface area (TPSA) is 147 Å². The molecular weight excluding hydrogens is 772 g/mol. The fraction of sp³-hybridized carbons (Fsp3) is 0.488. The summed E-state index contributed by atoms with van der Waals surface area (Å²) in [6, 6.07) is 13.6. The first-order valence-corrected chi connectivity index (χ1v) is 21.0. The number of fused-ring (bicyclic) bond motifs is 1. The Balaban J connectivity index is 0.736. The highest BCUT2D eigenvalue weighted by molar-refractivity contribution is 6.33. The number of nitrogens with zero attached hydrogens (tertiary/aromatic N) is 9. The first-order chi connectivity index (χ1) is 28.5. The Morgan fingerprint density at radius 1 is 0.881 bits per heavy atom. The van der Waals surface area contributed by atoms with Gasteiger partial charge in [0.1, 0.15) is 11.7 Å². The van der Waals surface area contributed by atoms with Gasteiger partial charge in [0.2, 0.25) is 23.5 Å². The van der Waals surface area contributed by atoms with Crippen LogP contribution in [0.25, 0.3) is 4.85 Å². The van der Waals surface area contributed by atoms with E-state index in [-0.39, 0.29) is 35.4 Å². The summed E-state index contributed by atoms with van der Waals surface area (Å²) in [5.41, 5.74) is 3.74. The van der Waals surface area contributed by atoms with Crippen LogP contribution >= 0.6 is 11.6 Å². The van der Waals surface area contributed by atoms with Crippen LogP contribution in [0.5, 0.6) is 0 Å². The summed E-state index contributed by atoms with van der Waals surface area (Å²) >= 11 is 6.39. The monoisotopic (exact) mass is 818 g/mol. The number of carbonyl (C=O) groups is 5. The summed E-state index contributed by atoms with van der Waals surface area (Å²) in [4.78, 5) is 88.6. The number of carbonyl (C=O) groups excluding carboxylic acids is 5. The highest BCUT2D eigenvalue weighted by atomic mass is 35.5. The molecule has 1 aromatic heterocycles. The van der Waals surface area contributed by atoms with Gasteiger partial charge in [0.05, 0.1) is 12.1 Å². The van der Waals surface area contributed by atoms with Crippen molar-refractivity contribution < 1.29 is 24.0 Å². The van der Waals surface area contributed by atoms with Crippen molar-refractivity contribution in [3.63, 3.8) is 0 Å². The molecule has 1 spiro atoms. The van der Waals surface area contributed by atoms with E-state index in [1.165, 1.54) is 6.20 Å². The van der Waals surface area contributed by atoms with Gasteiger partial charge in [-0.15, -0.1) is 0 Å². The van der Waals surface area contributed by atoms with Crippen LogP contribution in [0, 0.1) is 12.0 Å². The van der Waals surface area contributed by atoms with Crippen molar-refractivity contribution in [2.75, 3.05) is 73.6 Å². The lowest BCUT2D eigenvalue weighted by Crippen LogP contribution is -2.54. The number of rotatable bonds is 6. The van der Waals surface area contributed by atoms with Crippen molar-refractivity contribution in [2.45, 2.75) is 70.0 Å². The Labute approximate surface area is 348 Å². The first-order valence-electron chi connectivity index (χ1n) is 20.7. The van der Waals surface area contributed by atoms with E-state index >= 15 is 0 Å². The summed E-state index contributed by atoms with van der Waals surface area (Å²) in [5, 5.41) is 2.72. The van der Waals surface area contributed by atoms with Gasteiger partial charge < -0.3 is 19.6 Å². The van der Waals surface area contributed by atoms with Gasteiger partial charge in [-0.05, 0) is 87.3 Å². The summed E-state index contributed by atoms with van der Waals surface area (Å²) in [5.74, 6) is -1.90. The molecule has 1 N–H and O–H groups in total. The minimum Gasteiger partial charge on any atom is -0.371 e. The molecule has 15 nitrogen and oxygen atoms in total. The van der Waals surface area contributed by atoms with E-state index < -0.39 is 29.7 Å². The van der Waals surface area contributed by atoms with Gasteiger partial charge in [-0.1, -0.05) is 17.7 Å². The van der Waals surface area contributed by atoms with Crippen molar-refractivity contribution in [3.05, 3.63) is 81.9 Å². The number of hydrogen-bond acceptors (Lipinski definition) is 11. The molecule has 0 saturated carbocycles. The summed E-state index contributed by atoms with van der Waals surface area (Å²) in [6.07, 6.45) is 6.58. The Bertz CT molecular complexity index is 2240. The smallest absolute Gasteiger partial charge is 0.281 e. The number of imide groups is 2. The second-order valence-electron chi connectivity index (χ2n) is 16.9. The van der Waals surface area contributed by atoms with Gasteiger partial charge in [-0.2, -0.15) is 0 Å². The van der Waals surface area contributed by atoms with Gasteiger partial charge in [0.15, 0.2) is 0 Å². The van der Waals surface area contributed by atoms with E-state index in [9.17, 15) is 24.0 Å². The second kappa shape index (κ2) is 15.5. The number of anilines is 3. The minimum absolute atomic E-state index is 0.0118. The van der Waals surface area contributed by atoms with Gasteiger partial charge in [-0.3, -0.25) is 39.1 Å². The van der Waals surface area contributed by atoms with E-state index in [1.54, 1.807) is 0 Å². The molecule has 59 heavy (non-hydrogen) atoms. The number of amides is 5. The molecule has 2 aromatic carbocycles. The Hall–Kier alpha value is -5.59. The van der Waals surface area contributed by atoms with Gasteiger partial charge in [0.25, 0.3) is 17.7 Å². The fourth-order valence-corrected chi connectivity index (χ4v) is 10.4. The van der Waals surface area contributed by atoms with E-state index in [2.05, 4.69) is 53.9 Å². The van der Waals surface area contributed by atoms with Crippen LogP contribution in [0.4, 0.5) is 23.0 Å². The Morgan fingerprint density at radius 3 is 2.27 bits per heavy atom. The maximum Gasteiger partial charge on any atom is 0.281 e. The predicted molar refractivity (Wildman–Crippen MR) is 221 cm³/mol. The van der Waals surface area contributed by atoms with Gasteiger partial charge in [0, 0.05) is 106 Å². The summed E-state index contributed by atoms with van der Waals surface area (Å²) < 4.78 is 0. The third-order valence-electron chi connectivity index (χ3n) is 13.5. The highest BCUT2D eigenvalue weighted by Gasteiger charge is 2.47. The molecule has 16 heteroatoms. The Kier molecular flexibility index (Phi) is 10.2. The third kappa shape index (κ3) is 7.26. The third-order valence-corrected chi connectivity index (χ3v) is 13.8. The zero-order valence-electron chi connectivity index (χ0n) is 33.1. The molecule has 306 valence electrons. The summed E-state index contributed by atoms with van der Waals surface area (Å²) in [6.45, 7) is 16.8. The molecule has 0 aliphatic carbocycles. The number of hydrogen-bond donors (Lipinski definition) is 1. The molecule has 5 amide bonds. The lowest BCUT2D eigenvalue weighted by Gasteiger charge is -2.42. The van der Waals surface area contributed by atoms with Crippen molar-refractivity contribution in [2.24, 2.45) is 5.41 Å². The van der Waals surface area contributed by atoms with Crippen LogP contribution in [0.2, 0.25) is 5.02 Å². The van der Waals surface area contributed by atoms with E-state index in [0.717, 1.165) is 81.1 Å². The average molecular weight is 819 g/mol. The molecule has 3 aromatic rings. The average Bonchev–Trinajstić information content (AvgIpc) is 3.71. The molecular formula is C43H47ClN10O5.